The number of ether oxygens (including phenoxy) is 2. The Morgan fingerprint density at radius 3 is 2.71 bits per heavy atom. The number of esters is 1. The summed E-state index contributed by atoms with van der Waals surface area (Å²) in [6.07, 6.45) is -0.0506. The maximum absolute atomic E-state index is 11.5. The third-order valence-electron chi connectivity index (χ3n) is 2.19. The van der Waals surface area contributed by atoms with E-state index in [9.17, 15) is 4.79 Å². The van der Waals surface area contributed by atoms with Crippen LogP contribution in [0.4, 0.5) is 0 Å². The van der Waals surface area contributed by atoms with Gasteiger partial charge in [-0.25, -0.2) is 4.79 Å². The number of epoxide rings is 1. The molecular weight excluding hydrogens is 180 g/mol. The van der Waals surface area contributed by atoms with E-state index in [-0.39, 0.29) is 18.2 Å². The van der Waals surface area contributed by atoms with Crippen molar-refractivity contribution in [2.75, 3.05) is 6.61 Å². The minimum atomic E-state index is -0.284. The highest BCUT2D eigenvalue weighted by Crippen LogP contribution is 2.17. The molecule has 74 valence electrons. The van der Waals surface area contributed by atoms with Gasteiger partial charge in [0.2, 0.25) is 0 Å². The average Bonchev–Trinajstić information content (AvgIpc) is 3.02. The Morgan fingerprint density at radius 2 is 2.14 bits per heavy atom. The van der Waals surface area contributed by atoms with Gasteiger partial charge in [-0.05, 0) is 19.1 Å². The van der Waals surface area contributed by atoms with Gasteiger partial charge in [-0.1, -0.05) is 18.2 Å². The molecule has 0 aromatic heterocycles. The Morgan fingerprint density at radius 1 is 1.50 bits per heavy atom. The zero-order chi connectivity index (χ0) is 9.97. The van der Waals surface area contributed by atoms with Crippen LogP contribution in [-0.2, 0) is 9.47 Å². The predicted molar refractivity (Wildman–Crippen MR) is 51.1 cm³/mol. The van der Waals surface area contributed by atoms with Crippen molar-refractivity contribution in [2.45, 2.75) is 19.1 Å². The Bertz CT molecular complexity index is 317. The minimum absolute atomic E-state index is 0.0997. The van der Waals surface area contributed by atoms with Crippen LogP contribution in [0.2, 0.25) is 0 Å². The first kappa shape index (κ1) is 9.21. The first-order chi connectivity index (χ1) is 6.77. The quantitative estimate of drug-likeness (QED) is 0.539. The molecule has 0 N–H and O–H groups in total. The number of benzene rings is 1. The topological polar surface area (TPSA) is 38.8 Å². The van der Waals surface area contributed by atoms with Crippen LogP contribution in [0.15, 0.2) is 30.3 Å². The van der Waals surface area contributed by atoms with Gasteiger partial charge in [0.25, 0.3) is 0 Å². The number of carbonyl (C=O) groups excluding carboxylic acids is 1. The maximum atomic E-state index is 11.5. The smallest absolute Gasteiger partial charge is 0.338 e. The lowest BCUT2D eigenvalue weighted by Crippen LogP contribution is -2.20. The number of carbonyl (C=O) groups is 1. The highest BCUT2D eigenvalue weighted by Gasteiger charge is 2.32. The molecule has 1 aliphatic rings. The lowest BCUT2D eigenvalue weighted by molar-refractivity contribution is 0.0278. The van der Waals surface area contributed by atoms with Crippen LogP contribution >= 0.6 is 0 Å². The van der Waals surface area contributed by atoms with Gasteiger partial charge >= 0.3 is 5.97 Å². The van der Waals surface area contributed by atoms with Crippen molar-refractivity contribution in [3.05, 3.63) is 35.9 Å². The molecule has 0 radical (unpaired) electrons. The molecule has 0 saturated carbocycles. The lowest BCUT2D eigenvalue weighted by atomic mass is 10.2. The summed E-state index contributed by atoms with van der Waals surface area (Å²) in [6.45, 7) is 2.54. The Hall–Kier alpha value is -1.35. The summed E-state index contributed by atoms with van der Waals surface area (Å²) in [5.74, 6) is -0.284. The molecule has 0 aliphatic carbocycles. The molecular formula is C11H12O3. The summed E-state index contributed by atoms with van der Waals surface area (Å²) >= 11 is 0. The molecule has 3 nitrogen and oxygen atoms in total. The summed E-state index contributed by atoms with van der Waals surface area (Å²) in [5.41, 5.74) is 0.583. The van der Waals surface area contributed by atoms with Gasteiger partial charge in [-0.3, -0.25) is 0 Å². The van der Waals surface area contributed by atoms with E-state index in [1.807, 2.05) is 25.1 Å². The number of rotatable bonds is 3. The third kappa shape index (κ3) is 2.12. The largest absolute Gasteiger partial charge is 0.456 e. The molecule has 2 atom stereocenters. The van der Waals surface area contributed by atoms with Crippen molar-refractivity contribution in [3.8, 4) is 0 Å². The van der Waals surface area contributed by atoms with Gasteiger partial charge in [0.1, 0.15) is 12.2 Å². The summed E-state index contributed by atoms with van der Waals surface area (Å²) in [6, 6.07) is 8.97. The van der Waals surface area contributed by atoms with Crippen molar-refractivity contribution in [1.29, 1.82) is 0 Å². The fraction of sp³-hybridized carbons (Fsp3) is 0.364. The van der Waals surface area contributed by atoms with E-state index >= 15 is 0 Å². The maximum Gasteiger partial charge on any atom is 0.338 e. The summed E-state index contributed by atoms with van der Waals surface area (Å²) in [4.78, 5) is 11.5. The van der Waals surface area contributed by atoms with E-state index in [1.165, 1.54) is 0 Å². The molecule has 0 amide bonds. The van der Waals surface area contributed by atoms with Crippen molar-refractivity contribution in [1.82, 2.24) is 0 Å². The van der Waals surface area contributed by atoms with Crippen LogP contribution in [0.5, 0.6) is 0 Å². The van der Waals surface area contributed by atoms with Crippen LogP contribution < -0.4 is 0 Å². The minimum Gasteiger partial charge on any atom is -0.456 e. The molecule has 0 spiro atoms. The van der Waals surface area contributed by atoms with Gasteiger partial charge in [-0.15, -0.1) is 0 Å². The fourth-order valence-electron chi connectivity index (χ4n) is 1.21. The molecule has 0 bridgehead atoms. The Kier molecular flexibility index (Phi) is 2.50. The van der Waals surface area contributed by atoms with Gasteiger partial charge in [0, 0.05) is 0 Å². The Labute approximate surface area is 82.6 Å². The molecule has 1 aromatic rings. The standard InChI is InChI=1S/C11H12O3/c1-8(10-7-13-10)14-11(12)9-5-3-2-4-6-9/h2-6,8,10H,7H2,1H3/t8-,10+/m0/s1. The lowest BCUT2D eigenvalue weighted by Gasteiger charge is -2.09. The van der Waals surface area contributed by atoms with Crippen LogP contribution in [-0.4, -0.2) is 24.8 Å². The first-order valence-electron chi connectivity index (χ1n) is 4.65. The first-order valence-corrected chi connectivity index (χ1v) is 4.65. The molecule has 1 saturated heterocycles. The van der Waals surface area contributed by atoms with Crippen molar-refractivity contribution in [2.24, 2.45) is 0 Å². The van der Waals surface area contributed by atoms with Crippen molar-refractivity contribution in [3.63, 3.8) is 0 Å². The second-order valence-corrected chi connectivity index (χ2v) is 3.35. The predicted octanol–water partition coefficient (Wildman–Crippen LogP) is 1.63. The molecule has 2 rings (SSSR count). The van der Waals surface area contributed by atoms with E-state index in [2.05, 4.69) is 0 Å². The average molecular weight is 192 g/mol. The summed E-state index contributed by atoms with van der Waals surface area (Å²) in [7, 11) is 0. The normalized spacial score (nSPS) is 21.4. The van der Waals surface area contributed by atoms with Crippen LogP contribution in [0, 0.1) is 0 Å². The second-order valence-electron chi connectivity index (χ2n) is 3.35. The zero-order valence-corrected chi connectivity index (χ0v) is 7.97. The van der Waals surface area contributed by atoms with E-state index < -0.39 is 0 Å². The highest BCUT2D eigenvalue weighted by molar-refractivity contribution is 5.89. The summed E-state index contributed by atoms with van der Waals surface area (Å²) < 4.78 is 10.2. The number of hydrogen-bond donors (Lipinski definition) is 0. The van der Waals surface area contributed by atoms with E-state index in [0.29, 0.717) is 12.2 Å². The van der Waals surface area contributed by atoms with Crippen LogP contribution in [0.1, 0.15) is 17.3 Å². The fourth-order valence-corrected chi connectivity index (χ4v) is 1.21. The van der Waals surface area contributed by atoms with Crippen molar-refractivity contribution >= 4 is 5.97 Å². The van der Waals surface area contributed by atoms with Crippen molar-refractivity contribution < 1.29 is 14.3 Å². The highest BCUT2D eigenvalue weighted by atomic mass is 16.6. The number of hydrogen-bond acceptors (Lipinski definition) is 3. The molecule has 1 fully saturated rings. The van der Waals surface area contributed by atoms with Gasteiger partial charge < -0.3 is 9.47 Å². The second kappa shape index (κ2) is 3.80. The van der Waals surface area contributed by atoms with Crippen LogP contribution in [0.3, 0.4) is 0 Å². The van der Waals surface area contributed by atoms with Gasteiger partial charge in [-0.2, -0.15) is 0 Å². The third-order valence-corrected chi connectivity index (χ3v) is 2.19. The monoisotopic (exact) mass is 192 g/mol. The summed E-state index contributed by atoms with van der Waals surface area (Å²) in [5, 5.41) is 0. The molecule has 0 unspecified atom stereocenters. The SMILES string of the molecule is C[C@H](OC(=O)c1ccccc1)[C@H]1CO1. The van der Waals surface area contributed by atoms with E-state index in [1.54, 1.807) is 12.1 Å². The zero-order valence-electron chi connectivity index (χ0n) is 7.97. The van der Waals surface area contributed by atoms with Gasteiger partial charge in [0.05, 0.1) is 12.2 Å². The van der Waals surface area contributed by atoms with Crippen LogP contribution in [0.25, 0.3) is 0 Å². The molecule has 3 heteroatoms. The van der Waals surface area contributed by atoms with Gasteiger partial charge in [0.15, 0.2) is 0 Å². The van der Waals surface area contributed by atoms with E-state index in [0.717, 1.165) is 0 Å². The molecule has 1 aliphatic heterocycles. The Balaban J connectivity index is 1.95. The molecule has 1 heterocycles. The van der Waals surface area contributed by atoms with E-state index in [4.69, 9.17) is 9.47 Å². The molecule has 1 aromatic carbocycles. The molecule has 14 heavy (non-hydrogen) atoms.